The van der Waals surface area contributed by atoms with Crippen LogP contribution in [0.25, 0.3) is 43.5 Å². The number of hydrogen-bond donors (Lipinski definition) is 3. The maximum Gasteiger partial charge on any atom is 0.242 e. The summed E-state index contributed by atoms with van der Waals surface area (Å²) in [5.74, 6) is -0.210. The van der Waals surface area contributed by atoms with E-state index in [9.17, 15) is 9.18 Å². The molecular formula is C29H22FN5OS. The zero-order chi connectivity index (χ0) is 25.4. The first-order chi connectivity index (χ1) is 18.1. The predicted octanol–water partition coefficient (Wildman–Crippen LogP) is 6.15. The van der Waals surface area contributed by atoms with Gasteiger partial charge in [0.15, 0.2) is 0 Å². The number of H-pyrrole nitrogens is 1. The van der Waals surface area contributed by atoms with Crippen molar-refractivity contribution in [1.29, 1.82) is 0 Å². The molecule has 2 aromatic carbocycles. The number of nitrogens with zero attached hydrogens (tertiary/aromatic N) is 2. The third-order valence-electron chi connectivity index (χ3n) is 6.35. The molecule has 4 heterocycles. The molecule has 0 unspecified atom stereocenters. The summed E-state index contributed by atoms with van der Waals surface area (Å²) in [7, 11) is 0. The second-order valence-corrected chi connectivity index (χ2v) is 9.68. The first-order valence-electron chi connectivity index (χ1n) is 11.8. The first kappa shape index (κ1) is 23.0. The van der Waals surface area contributed by atoms with Gasteiger partial charge in [-0.1, -0.05) is 18.2 Å². The number of fused-ring (bicyclic) bond motifs is 2. The average Bonchev–Trinajstić information content (AvgIpc) is 3.51. The molecule has 0 aliphatic rings. The highest BCUT2D eigenvalue weighted by molar-refractivity contribution is 7.17. The first-order valence-corrected chi connectivity index (χ1v) is 12.7. The van der Waals surface area contributed by atoms with Gasteiger partial charge in [-0.05, 0) is 88.5 Å². The summed E-state index contributed by atoms with van der Waals surface area (Å²) < 4.78 is 14.8. The van der Waals surface area contributed by atoms with Crippen LogP contribution in [-0.2, 0) is 11.2 Å². The largest absolute Gasteiger partial charge is 0.339 e. The lowest BCUT2D eigenvalue weighted by Crippen LogP contribution is -2.37. The predicted molar refractivity (Wildman–Crippen MR) is 147 cm³/mol. The fraction of sp³-hybridized carbons (Fsp3) is 0.0690. The Morgan fingerprint density at radius 3 is 2.57 bits per heavy atom. The minimum atomic E-state index is -0.721. The lowest BCUT2D eigenvalue weighted by atomic mass is 10.00. The van der Waals surface area contributed by atoms with E-state index in [1.165, 1.54) is 16.8 Å². The number of anilines is 1. The van der Waals surface area contributed by atoms with E-state index >= 15 is 0 Å². The monoisotopic (exact) mass is 507 g/mol. The molecule has 182 valence electrons. The van der Waals surface area contributed by atoms with Crippen LogP contribution in [0.1, 0.15) is 5.56 Å². The number of thiophene rings is 1. The maximum atomic E-state index is 13.6. The van der Waals surface area contributed by atoms with Gasteiger partial charge >= 0.3 is 0 Å². The van der Waals surface area contributed by atoms with E-state index in [1.807, 2.05) is 36.4 Å². The molecule has 1 atom stereocenters. The molecule has 4 N–H and O–H groups in total. The highest BCUT2D eigenvalue weighted by Crippen LogP contribution is 2.38. The zero-order valence-corrected chi connectivity index (χ0v) is 20.4. The summed E-state index contributed by atoms with van der Waals surface area (Å²) in [6.45, 7) is 0. The molecule has 0 fully saturated rings. The molecule has 6 rings (SSSR count). The van der Waals surface area contributed by atoms with Gasteiger partial charge < -0.3 is 16.0 Å². The SMILES string of the molecule is N[C@@H](Cc1csc2ccccc12)C(=O)Nc1ccc2c(-c3ccncc3)c(-c3ccc(F)cc3)[nH]c2n1. The fourth-order valence-electron chi connectivity index (χ4n) is 4.53. The number of amides is 1. The lowest BCUT2D eigenvalue weighted by molar-refractivity contribution is -0.117. The molecule has 0 radical (unpaired) electrons. The van der Waals surface area contributed by atoms with Crippen LogP contribution in [0.2, 0.25) is 0 Å². The highest BCUT2D eigenvalue weighted by atomic mass is 32.1. The van der Waals surface area contributed by atoms with Crippen molar-refractivity contribution < 1.29 is 9.18 Å². The van der Waals surface area contributed by atoms with E-state index in [0.717, 1.165) is 38.7 Å². The van der Waals surface area contributed by atoms with Crippen molar-refractivity contribution in [1.82, 2.24) is 15.0 Å². The number of aromatic amines is 1. The number of nitrogens with two attached hydrogens (primary N) is 1. The van der Waals surface area contributed by atoms with Crippen LogP contribution in [-0.4, -0.2) is 26.9 Å². The van der Waals surface area contributed by atoms with Gasteiger partial charge in [-0.15, -0.1) is 11.3 Å². The summed E-state index contributed by atoms with van der Waals surface area (Å²) in [6, 6.07) is 21.2. The standard InChI is InChI=1S/C29H22FN5OS/c30-20-7-5-18(6-8-20)27-26(17-11-13-32-14-12-17)22-9-10-25(33-28(22)35-27)34-29(36)23(31)15-19-16-37-24-4-2-1-3-21(19)24/h1-14,16,23H,15,31H2,(H2,33,34,35,36)/t23-/m0/s1. The van der Waals surface area contributed by atoms with Crippen molar-refractivity contribution >= 4 is 44.2 Å². The van der Waals surface area contributed by atoms with Gasteiger partial charge in [-0.25, -0.2) is 9.37 Å². The van der Waals surface area contributed by atoms with Crippen LogP contribution in [0.3, 0.4) is 0 Å². The third-order valence-corrected chi connectivity index (χ3v) is 7.36. The Balaban J connectivity index is 1.31. The van der Waals surface area contributed by atoms with Gasteiger partial charge in [0.05, 0.1) is 11.7 Å². The zero-order valence-electron chi connectivity index (χ0n) is 19.6. The molecule has 8 heteroatoms. The molecule has 1 amide bonds. The minimum absolute atomic E-state index is 0.304. The number of pyridine rings is 2. The maximum absolute atomic E-state index is 13.6. The second-order valence-electron chi connectivity index (χ2n) is 8.77. The lowest BCUT2D eigenvalue weighted by Gasteiger charge is -2.11. The van der Waals surface area contributed by atoms with Gasteiger partial charge in [0.25, 0.3) is 0 Å². The molecule has 0 saturated carbocycles. The molecule has 0 spiro atoms. The van der Waals surface area contributed by atoms with E-state index in [4.69, 9.17) is 5.73 Å². The van der Waals surface area contributed by atoms with Gasteiger partial charge in [0.2, 0.25) is 5.91 Å². The Bertz CT molecular complexity index is 1730. The van der Waals surface area contributed by atoms with Gasteiger partial charge in [-0.2, -0.15) is 0 Å². The number of benzene rings is 2. The smallest absolute Gasteiger partial charge is 0.242 e. The Kier molecular flexibility index (Phi) is 5.96. The van der Waals surface area contributed by atoms with Crippen molar-refractivity contribution in [2.75, 3.05) is 5.32 Å². The van der Waals surface area contributed by atoms with Crippen LogP contribution in [0.15, 0.2) is 90.6 Å². The van der Waals surface area contributed by atoms with Gasteiger partial charge in [0, 0.05) is 28.0 Å². The second kappa shape index (κ2) is 9.57. The molecule has 0 saturated heterocycles. The Morgan fingerprint density at radius 2 is 1.76 bits per heavy atom. The van der Waals surface area contributed by atoms with Crippen molar-refractivity contribution in [3.8, 4) is 22.4 Å². The van der Waals surface area contributed by atoms with E-state index in [2.05, 4.69) is 31.7 Å². The fourth-order valence-corrected chi connectivity index (χ4v) is 5.51. The van der Waals surface area contributed by atoms with Crippen molar-refractivity contribution in [2.24, 2.45) is 5.73 Å². The number of aromatic nitrogens is 3. The quantitative estimate of drug-likeness (QED) is 0.252. The van der Waals surface area contributed by atoms with Crippen molar-refractivity contribution in [2.45, 2.75) is 12.5 Å². The van der Waals surface area contributed by atoms with Crippen LogP contribution >= 0.6 is 11.3 Å². The van der Waals surface area contributed by atoms with Crippen LogP contribution < -0.4 is 11.1 Å². The van der Waals surface area contributed by atoms with Crippen molar-refractivity contribution in [3.05, 3.63) is 102 Å². The molecule has 6 nitrogen and oxygen atoms in total. The van der Waals surface area contributed by atoms with Gasteiger partial charge in [-0.3, -0.25) is 9.78 Å². The van der Waals surface area contributed by atoms with E-state index in [0.29, 0.717) is 17.9 Å². The summed E-state index contributed by atoms with van der Waals surface area (Å²) in [4.78, 5) is 25.1. The van der Waals surface area contributed by atoms with E-state index < -0.39 is 6.04 Å². The summed E-state index contributed by atoms with van der Waals surface area (Å²) >= 11 is 1.65. The van der Waals surface area contributed by atoms with Crippen LogP contribution in [0, 0.1) is 5.82 Å². The topological polar surface area (TPSA) is 96.7 Å². The molecule has 6 aromatic rings. The number of carbonyl (C=O) groups is 1. The average molecular weight is 508 g/mol. The molecule has 0 aliphatic heterocycles. The van der Waals surface area contributed by atoms with E-state index in [-0.39, 0.29) is 11.7 Å². The van der Waals surface area contributed by atoms with E-state index in [1.54, 1.807) is 41.9 Å². The number of halogens is 1. The van der Waals surface area contributed by atoms with Crippen LogP contribution in [0.4, 0.5) is 10.2 Å². The van der Waals surface area contributed by atoms with Crippen LogP contribution in [0.5, 0.6) is 0 Å². The number of hydrogen-bond acceptors (Lipinski definition) is 5. The van der Waals surface area contributed by atoms with Gasteiger partial charge in [0.1, 0.15) is 17.3 Å². The molecule has 0 bridgehead atoms. The number of carbonyl (C=O) groups excluding carboxylic acids is 1. The molecule has 4 aromatic heterocycles. The highest BCUT2D eigenvalue weighted by Gasteiger charge is 2.19. The number of nitrogens with one attached hydrogen (secondary N) is 2. The summed E-state index contributed by atoms with van der Waals surface area (Å²) in [5.41, 5.74) is 11.4. The third kappa shape index (κ3) is 4.48. The molecular weight excluding hydrogens is 485 g/mol. The Labute approximate surface area is 216 Å². The van der Waals surface area contributed by atoms with Crippen molar-refractivity contribution in [3.63, 3.8) is 0 Å². The molecule has 0 aliphatic carbocycles. The summed E-state index contributed by atoms with van der Waals surface area (Å²) in [5, 5.41) is 6.91. The molecule has 37 heavy (non-hydrogen) atoms. The Hall–Kier alpha value is -4.40. The minimum Gasteiger partial charge on any atom is -0.339 e. The number of rotatable bonds is 6. The Morgan fingerprint density at radius 1 is 0.973 bits per heavy atom. The normalized spacial score (nSPS) is 12.2. The summed E-state index contributed by atoms with van der Waals surface area (Å²) in [6.07, 6.45) is 3.88.